The van der Waals surface area contributed by atoms with E-state index in [1.165, 1.54) is 25.7 Å². The van der Waals surface area contributed by atoms with Crippen LogP contribution in [-0.2, 0) is 9.59 Å². The molecular formula is C20H34N2O2. The highest BCUT2D eigenvalue weighted by Gasteiger charge is 2.52. The van der Waals surface area contributed by atoms with Gasteiger partial charge in [0.1, 0.15) is 0 Å². The third-order valence-electron chi connectivity index (χ3n) is 6.91. The SMILES string of the molecule is CCC(CC)C(=O)N1CC(C(=O)NC2CCCC2)C2(CCCC2)C1. The van der Waals surface area contributed by atoms with Crippen molar-refractivity contribution in [2.75, 3.05) is 13.1 Å². The Morgan fingerprint density at radius 3 is 2.29 bits per heavy atom. The molecule has 1 aliphatic heterocycles. The molecule has 1 N–H and O–H groups in total. The lowest BCUT2D eigenvalue weighted by molar-refractivity contribution is -0.135. The molecule has 0 bridgehead atoms. The molecule has 4 heteroatoms. The first-order chi connectivity index (χ1) is 11.6. The molecule has 4 nitrogen and oxygen atoms in total. The van der Waals surface area contributed by atoms with E-state index in [0.717, 1.165) is 45.1 Å². The Labute approximate surface area is 146 Å². The summed E-state index contributed by atoms with van der Waals surface area (Å²) in [4.78, 5) is 27.9. The molecule has 0 aromatic heterocycles. The fourth-order valence-electron chi connectivity index (χ4n) is 5.35. The second-order valence-corrected chi connectivity index (χ2v) is 8.34. The average molecular weight is 335 g/mol. The number of hydrogen-bond acceptors (Lipinski definition) is 2. The predicted molar refractivity (Wildman–Crippen MR) is 95.4 cm³/mol. The number of hydrogen-bond donors (Lipinski definition) is 1. The average Bonchev–Trinajstić information content (AvgIpc) is 3.31. The summed E-state index contributed by atoms with van der Waals surface area (Å²) in [6.45, 7) is 5.65. The Morgan fingerprint density at radius 1 is 1.08 bits per heavy atom. The van der Waals surface area contributed by atoms with Crippen LogP contribution in [-0.4, -0.2) is 35.8 Å². The second kappa shape index (κ2) is 7.45. The van der Waals surface area contributed by atoms with E-state index in [4.69, 9.17) is 0 Å². The van der Waals surface area contributed by atoms with Crippen molar-refractivity contribution < 1.29 is 9.59 Å². The summed E-state index contributed by atoms with van der Waals surface area (Å²) in [6, 6.07) is 0.375. The molecule has 1 saturated heterocycles. The third kappa shape index (κ3) is 3.34. The van der Waals surface area contributed by atoms with Gasteiger partial charge in [-0.2, -0.15) is 0 Å². The standard InChI is InChI=1S/C20H34N2O2/c1-3-15(4-2)19(24)22-13-17(20(14-22)11-7-8-12-20)18(23)21-16-9-5-6-10-16/h15-17H,3-14H2,1-2H3,(H,21,23). The van der Waals surface area contributed by atoms with Crippen molar-refractivity contribution in [3.05, 3.63) is 0 Å². The monoisotopic (exact) mass is 334 g/mol. The van der Waals surface area contributed by atoms with Crippen molar-refractivity contribution in [2.24, 2.45) is 17.3 Å². The van der Waals surface area contributed by atoms with Gasteiger partial charge >= 0.3 is 0 Å². The molecule has 136 valence electrons. The minimum Gasteiger partial charge on any atom is -0.353 e. The van der Waals surface area contributed by atoms with Crippen LogP contribution in [0.2, 0.25) is 0 Å². The molecule has 3 aliphatic rings. The zero-order valence-corrected chi connectivity index (χ0v) is 15.5. The number of carbonyl (C=O) groups is 2. The van der Waals surface area contributed by atoms with E-state index in [-0.39, 0.29) is 29.1 Å². The number of carbonyl (C=O) groups excluding carboxylic acids is 2. The van der Waals surface area contributed by atoms with Gasteiger partial charge in [0.2, 0.25) is 11.8 Å². The van der Waals surface area contributed by atoms with Gasteiger partial charge in [-0.15, -0.1) is 0 Å². The number of amides is 2. The van der Waals surface area contributed by atoms with E-state index in [9.17, 15) is 9.59 Å². The van der Waals surface area contributed by atoms with E-state index in [0.29, 0.717) is 12.6 Å². The number of nitrogens with one attached hydrogen (secondary N) is 1. The largest absolute Gasteiger partial charge is 0.353 e. The van der Waals surface area contributed by atoms with Gasteiger partial charge in [0.25, 0.3) is 0 Å². The summed E-state index contributed by atoms with van der Waals surface area (Å²) in [5.41, 5.74) is 0.0599. The second-order valence-electron chi connectivity index (χ2n) is 8.34. The summed E-state index contributed by atoms with van der Waals surface area (Å²) in [7, 11) is 0. The lowest BCUT2D eigenvalue weighted by Crippen LogP contribution is -2.43. The maximum absolute atomic E-state index is 13.0. The summed E-state index contributed by atoms with van der Waals surface area (Å²) < 4.78 is 0. The van der Waals surface area contributed by atoms with Crippen molar-refractivity contribution in [3.63, 3.8) is 0 Å². The Bertz CT molecular complexity index is 460. The molecule has 1 heterocycles. The lowest BCUT2D eigenvalue weighted by Gasteiger charge is -2.30. The fraction of sp³-hybridized carbons (Fsp3) is 0.900. The normalized spacial score (nSPS) is 26.6. The van der Waals surface area contributed by atoms with Crippen molar-refractivity contribution in [1.82, 2.24) is 10.2 Å². The number of rotatable bonds is 5. The Kier molecular flexibility index (Phi) is 5.51. The minimum atomic E-state index is 0.0129. The molecule has 24 heavy (non-hydrogen) atoms. The topological polar surface area (TPSA) is 49.4 Å². The quantitative estimate of drug-likeness (QED) is 0.836. The molecule has 0 radical (unpaired) electrons. The first-order valence-corrected chi connectivity index (χ1v) is 10.2. The van der Waals surface area contributed by atoms with Gasteiger partial charge in [0.05, 0.1) is 5.92 Å². The van der Waals surface area contributed by atoms with Gasteiger partial charge in [-0.1, -0.05) is 39.5 Å². The molecule has 3 rings (SSSR count). The van der Waals surface area contributed by atoms with E-state index in [1.54, 1.807) is 0 Å². The van der Waals surface area contributed by atoms with E-state index in [2.05, 4.69) is 19.2 Å². The molecule has 2 amide bonds. The van der Waals surface area contributed by atoms with Crippen LogP contribution < -0.4 is 5.32 Å². The van der Waals surface area contributed by atoms with Crippen molar-refractivity contribution in [1.29, 1.82) is 0 Å². The molecule has 2 aliphatic carbocycles. The highest BCUT2D eigenvalue weighted by molar-refractivity contribution is 5.84. The van der Waals surface area contributed by atoms with Gasteiger partial charge in [-0.25, -0.2) is 0 Å². The fourth-order valence-corrected chi connectivity index (χ4v) is 5.35. The van der Waals surface area contributed by atoms with Crippen LogP contribution in [0.25, 0.3) is 0 Å². The van der Waals surface area contributed by atoms with Gasteiger partial charge < -0.3 is 10.2 Å². The van der Waals surface area contributed by atoms with E-state index >= 15 is 0 Å². The van der Waals surface area contributed by atoms with Crippen LogP contribution in [0, 0.1) is 17.3 Å². The molecule has 2 saturated carbocycles. The molecule has 3 fully saturated rings. The summed E-state index contributed by atoms with van der Waals surface area (Å²) >= 11 is 0. The Morgan fingerprint density at radius 2 is 1.71 bits per heavy atom. The van der Waals surface area contributed by atoms with Gasteiger partial charge in [-0.3, -0.25) is 9.59 Å². The number of nitrogens with zero attached hydrogens (tertiary/aromatic N) is 1. The van der Waals surface area contributed by atoms with Crippen molar-refractivity contribution >= 4 is 11.8 Å². The Hall–Kier alpha value is -1.06. The maximum Gasteiger partial charge on any atom is 0.225 e. The van der Waals surface area contributed by atoms with Crippen molar-refractivity contribution in [2.45, 2.75) is 84.1 Å². The van der Waals surface area contributed by atoms with Crippen LogP contribution in [0.4, 0.5) is 0 Å². The molecule has 0 aromatic rings. The Balaban J connectivity index is 1.71. The third-order valence-corrected chi connectivity index (χ3v) is 6.91. The molecular weight excluding hydrogens is 300 g/mol. The predicted octanol–water partition coefficient (Wildman–Crippen LogP) is 3.50. The smallest absolute Gasteiger partial charge is 0.225 e. The molecule has 1 atom stereocenters. The summed E-state index contributed by atoms with van der Waals surface area (Å²) in [5.74, 6) is 0.644. The van der Waals surface area contributed by atoms with Gasteiger partial charge in [-0.05, 0) is 38.5 Å². The zero-order chi connectivity index (χ0) is 17.2. The van der Waals surface area contributed by atoms with E-state index < -0.39 is 0 Å². The van der Waals surface area contributed by atoms with Gasteiger partial charge in [0.15, 0.2) is 0 Å². The molecule has 0 aromatic carbocycles. The van der Waals surface area contributed by atoms with Crippen molar-refractivity contribution in [3.8, 4) is 0 Å². The van der Waals surface area contributed by atoms with Crippen LogP contribution in [0.1, 0.15) is 78.1 Å². The van der Waals surface area contributed by atoms with Crippen LogP contribution in [0.15, 0.2) is 0 Å². The van der Waals surface area contributed by atoms with Crippen LogP contribution in [0.5, 0.6) is 0 Å². The summed E-state index contributed by atoms with van der Waals surface area (Å²) in [5, 5.41) is 3.31. The molecule has 1 unspecified atom stereocenters. The number of likely N-dealkylation sites (tertiary alicyclic amines) is 1. The highest BCUT2D eigenvalue weighted by atomic mass is 16.2. The zero-order valence-electron chi connectivity index (χ0n) is 15.5. The van der Waals surface area contributed by atoms with Gasteiger partial charge in [0, 0.05) is 30.5 Å². The van der Waals surface area contributed by atoms with Crippen LogP contribution >= 0.6 is 0 Å². The summed E-state index contributed by atoms with van der Waals surface area (Å²) in [6.07, 6.45) is 11.2. The minimum absolute atomic E-state index is 0.0129. The first-order valence-electron chi connectivity index (χ1n) is 10.2. The first kappa shape index (κ1) is 17.8. The van der Waals surface area contributed by atoms with Crippen LogP contribution in [0.3, 0.4) is 0 Å². The highest BCUT2D eigenvalue weighted by Crippen LogP contribution is 2.49. The lowest BCUT2D eigenvalue weighted by atomic mass is 9.76. The maximum atomic E-state index is 13.0. The molecule has 1 spiro atoms. The van der Waals surface area contributed by atoms with E-state index in [1.807, 2.05) is 4.90 Å².